The Morgan fingerprint density at radius 2 is 0.880 bits per heavy atom. The second-order valence-electron chi connectivity index (χ2n) is 6.72. The Kier molecular flexibility index (Phi) is 6.04. The summed E-state index contributed by atoms with van der Waals surface area (Å²) >= 11 is 0. The van der Waals surface area contributed by atoms with E-state index < -0.39 is 0 Å². The van der Waals surface area contributed by atoms with E-state index in [9.17, 15) is 10.2 Å². The van der Waals surface area contributed by atoms with E-state index in [-0.39, 0.29) is 0 Å². The number of phenolic OH excluding ortho intramolecular Hbond substituents is 2. The number of aromatic hydroxyl groups is 2. The Hall–Kier alpha value is -2.36. The molecule has 4 nitrogen and oxygen atoms in total. The summed E-state index contributed by atoms with van der Waals surface area (Å²) < 4.78 is 0. The van der Waals surface area contributed by atoms with E-state index in [1.54, 1.807) is 12.1 Å². The molecule has 2 aromatic carbocycles. The van der Waals surface area contributed by atoms with Crippen LogP contribution in [-0.2, 0) is 0 Å². The van der Waals surface area contributed by atoms with Gasteiger partial charge in [0.25, 0.3) is 0 Å². The maximum Gasteiger partial charge on any atom is 0.138 e. The highest BCUT2D eigenvalue weighted by atomic mass is 16.3. The summed E-state index contributed by atoms with van der Waals surface area (Å²) in [6, 6.07) is 15.1. The fourth-order valence-electron chi connectivity index (χ4n) is 3.56. The lowest BCUT2D eigenvalue weighted by atomic mass is 10.1. The summed E-state index contributed by atoms with van der Waals surface area (Å²) in [5.74, 6) is 0.809. The third kappa shape index (κ3) is 4.59. The van der Waals surface area contributed by atoms with Gasteiger partial charge >= 0.3 is 0 Å². The highest BCUT2D eigenvalue weighted by molar-refractivity contribution is 5.58. The van der Waals surface area contributed by atoms with Crippen molar-refractivity contribution in [2.75, 3.05) is 36.0 Å². The molecule has 0 radical (unpaired) electrons. The van der Waals surface area contributed by atoms with Gasteiger partial charge in [-0.3, -0.25) is 0 Å². The van der Waals surface area contributed by atoms with Crippen LogP contribution in [0.1, 0.15) is 32.1 Å². The molecule has 0 spiro atoms. The fourth-order valence-corrected chi connectivity index (χ4v) is 3.56. The van der Waals surface area contributed by atoms with Crippen LogP contribution >= 0.6 is 0 Å². The highest BCUT2D eigenvalue weighted by Crippen LogP contribution is 2.29. The Morgan fingerprint density at radius 1 is 0.520 bits per heavy atom. The third-order valence-corrected chi connectivity index (χ3v) is 4.91. The topological polar surface area (TPSA) is 46.9 Å². The summed E-state index contributed by atoms with van der Waals surface area (Å²) in [6.07, 6.45) is 6.30. The molecule has 2 aromatic rings. The highest BCUT2D eigenvalue weighted by Gasteiger charge is 2.14. The Morgan fingerprint density at radius 3 is 1.28 bits per heavy atom. The van der Waals surface area contributed by atoms with E-state index in [2.05, 4.69) is 9.80 Å². The number of piperidine rings is 1. The number of hydrogen-bond donors (Lipinski definition) is 2. The second kappa shape index (κ2) is 8.65. The van der Waals surface area contributed by atoms with Crippen molar-refractivity contribution >= 4 is 11.4 Å². The van der Waals surface area contributed by atoms with Crippen LogP contribution in [0.15, 0.2) is 48.5 Å². The first-order valence-electron chi connectivity index (χ1n) is 9.31. The summed E-state index contributed by atoms with van der Waals surface area (Å²) in [5, 5.41) is 19.2. The van der Waals surface area contributed by atoms with Crippen LogP contribution in [0.2, 0.25) is 0 Å². The van der Waals surface area contributed by atoms with E-state index in [4.69, 9.17) is 0 Å². The molecule has 0 saturated carbocycles. The molecule has 134 valence electrons. The van der Waals surface area contributed by atoms with E-state index in [1.165, 1.54) is 32.1 Å². The van der Waals surface area contributed by atoms with Crippen molar-refractivity contribution < 1.29 is 10.2 Å². The molecule has 2 N–H and O–H groups in total. The van der Waals surface area contributed by atoms with Crippen molar-refractivity contribution in [3.63, 3.8) is 0 Å². The Balaban J connectivity index is 0.000000146. The van der Waals surface area contributed by atoms with Crippen molar-refractivity contribution in [2.24, 2.45) is 0 Å². The predicted octanol–water partition coefficient (Wildman–Crippen LogP) is 4.37. The SMILES string of the molecule is Oc1ccccc1N1CCCC1.Oc1ccccc1N1CCCCC1. The van der Waals surface area contributed by atoms with Gasteiger partial charge in [0, 0.05) is 26.2 Å². The zero-order valence-corrected chi connectivity index (χ0v) is 14.8. The number of nitrogens with zero attached hydrogens (tertiary/aromatic N) is 2. The van der Waals surface area contributed by atoms with Crippen LogP contribution in [0.25, 0.3) is 0 Å². The number of benzene rings is 2. The number of anilines is 2. The van der Waals surface area contributed by atoms with Crippen LogP contribution in [-0.4, -0.2) is 36.4 Å². The van der Waals surface area contributed by atoms with Gasteiger partial charge in [-0.25, -0.2) is 0 Å². The summed E-state index contributed by atoms with van der Waals surface area (Å²) in [5.41, 5.74) is 1.97. The fraction of sp³-hybridized carbons (Fsp3) is 0.429. The average molecular weight is 340 g/mol. The normalized spacial score (nSPS) is 17.1. The minimum Gasteiger partial charge on any atom is -0.506 e. The smallest absolute Gasteiger partial charge is 0.138 e. The monoisotopic (exact) mass is 340 g/mol. The summed E-state index contributed by atoms with van der Waals surface area (Å²) in [6.45, 7) is 4.32. The molecular formula is C21H28N2O2. The standard InChI is InChI=1S/C11H15NO.C10H13NO/c13-11-7-3-2-6-10(11)12-8-4-1-5-9-12;12-10-6-2-1-5-9(10)11-7-3-4-8-11/h2-3,6-7,13H,1,4-5,8-9H2;1-2,5-6,12H,3-4,7-8H2. The lowest BCUT2D eigenvalue weighted by Crippen LogP contribution is -2.29. The molecule has 0 unspecified atom stereocenters. The van der Waals surface area contributed by atoms with Gasteiger partial charge in [-0.1, -0.05) is 24.3 Å². The molecule has 0 atom stereocenters. The lowest BCUT2D eigenvalue weighted by molar-refractivity contribution is 0.469. The van der Waals surface area contributed by atoms with Crippen molar-refractivity contribution in [1.29, 1.82) is 0 Å². The van der Waals surface area contributed by atoms with Crippen LogP contribution in [0.5, 0.6) is 11.5 Å². The minimum absolute atomic E-state index is 0.402. The number of phenols is 2. The molecule has 25 heavy (non-hydrogen) atoms. The van der Waals surface area contributed by atoms with E-state index in [0.717, 1.165) is 37.6 Å². The first-order valence-corrected chi connectivity index (χ1v) is 9.31. The Labute approximate surface area is 150 Å². The molecule has 0 bridgehead atoms. The van der Waals surface area contributed by atoms with Gasteiger partial charge in [-0.05, 0) is 56.4 Å². The zero-order valence-electron chi connectivity index (χ0n) is 14.8. The average Bonchev–Trinajstić information content (AvgIpc) is 3.18. The van der Waals surface area contributed by atoms with Crippen LogP contribution < -0.4 is 9.80 Å². The minimum atomic E-state index is 0.402. The molecule has 4 heteroatoms. The molecule has 4 rings (SSSR count). The second-order valence-corrected chi connectivity index (χ2v) is 6.72. The molecule has 2 heterocycles. The first-order chi connectivity index (χ1) is 12.3. The van der Waals surface area contributed by atoms with Crippen molar-refractivity contribution in [2.45, 2.75) is 32.1 Å². The molecule has 2 aliphatic rings. The molecule has 0 aliphatic carbocycles. The predicted molar refractivity (Wildman–Crippen MR) is 104 cm³/mol. The summed E-state index contributed by atoms with van der Waals surface area (Å²) in [4.78, 5) is 4.49. The molecule has 2 fully saturated rings. The molecular weight excluding hydrogens is 312 g/mol. The lowest BCUT2D eigenvalue weighted by Gasteiger charge is -2.29. The third-order valence-electron chi connectivity index (χ3n) is 4.91. The van der Waals surface area contributed by atoms with Crippen molar-refractivity contribution in [1.82, 2.24) is 0 Å². The maximum atomic E-state index is 9.62. The number of hydrogen-bond acceptors (Lipinski definition) is 4. The van der Waals surface area contributed by atoms with Gasteiger partial charge in [0.2, 0.25) is 0 Å². The maximum absolute atomic E-state index is 9.62. The van der Waals surface area contributed by atoms with Crippen LogP contribution in [0.3, 0.4) is 0 Å². The van der Waals surface area contributed by atoms with Gasteiger partial charge in [0.1, 0.15) is 11.5 Å². The molecule has 2 saturated heterocycles. The van der Waals surface area contributed by atoms with Gasteiger partial charge in [0.05, 0.1) is 11.4 Å². The zero-order chi connectivity index (χ0) is 17.5. The van der Waals surface area contributed by atoms with E-state index >= 15 is 0 Å². The number of para-hydroxylation sites is 4. The van der Waals surface area contributed by atoms with Gasteiger partial charge in [-0.2, -0.15) is 0 Å². The van der Waals surface area contributed by atoms with Gasteiger partial charge in [0.15, 0.2) is 0 Å². The molecule has 2 aliphatic heterocycles. The van der Waals surface area contributed by atoms with Crippen molar-refractivity contribution in [3.05, 3.63) is 48.5 Å². The number of rotatable bonds is 2. The molecule has 0 aromatic heterocycles. The van der Waals surface area contributed by atoms with E-state index in [1.807, 2.05) is 36.4 Å². The Bertz CT molecular complexity index is 662. The van der Waals surface area contributed by atoms with Crippen LogP contribution in [0, 0.1) is 0 Å². The largest absolute Gasteiger partial charge is 0.506 e. The van der Waals surface area contributed by atoms with Crippen molar-refractivity contribution in [3.8, 4) is 11.5 Å². The van der Waals surface area contributed by atoms with E-state index in [0.29, 0.717) is 11.5 Å². The quantitative estimate of drug-likeness (QED) is 0.852. The molecule has 0 amide bonds. The summed E-state index contributed by atoms with van der Waals surface area (Å²) in [7, 11) is 0. The van der Waals surface area contributed by atoms with Gasteiger partial charge < -0.3 is 20.0 Å². The van der Waals surface area contributed by atoms with Crippen LogP contribution in [0.4, 0.5) is 11.4 Å². The first kappa shape index (κ1) is 17.5. The van der Waals surface area contributed by atoms with Gasteiger partial charge in [-0.15, -0.1) is 0 Å².